The minimum atomic E-state index is 0. The fourth-order valence-corrected chi connectivity index (χ4v) is 9.58. The summed E-state index contributed by atoms with van der Waals surface area (Å²) in [5, 5.41) is 7.26. The molecule has 282 valence electrons. The van der Waals surface area contributed by atoms with Crippen molar-refractivity contribution in [2.45, 2.75) is 110 Å². The largest absolute Gasteiger partial charge is 2.00 e. The average molecular weight is 906 g/mol. The van der Waals surface area contributed by atoms with Crippen molar-refractivity contribution in [3.05, 3.63) is 131 Å². The van der Waals surface area contributed by atoms with E-state index in [1.165, 1.54) is 92.0 Å². The summed E-state index contributed by atoms with van der Waals surface area (Å²) in [6.45, 7) is 9.12. The van der Waals surface area contributed by atoms with Crippen LogP contribution in [0.2, 0.25) is 0 Å². The van der Waals surface area contributed by atoms with E-state index in [-0.39, 0.29) is 21.1 Å². The molecule has 7 aromatic rings. The van der Waals surface area contributed by atoms with Crippen molar-refractivity contribution in [2.24, 2.45) is 0 Å². The van der Waals surface area contributed by atoms with Crippen molar-refractivity contribution in [1.29, 1.82) is 0 Å². The minimum Gasteiger partial charge on any atom is -0.509 e. The van der Waals surface area contributed by atoms with Crippen molar-refractivity contribution in [3.63, 3.8) is 0 Å². The molecule has 55 heavy (non-hydrogen) atoms. The second-order valence-electron chi connectivity index (χ2n) is 16.1. The van der Waals surface area contributed by atoms with Gasteiger partial charge in [0.25, 0.3) is 0 Å². The summed E-state index contributed by atoms with van der Waals surface area (Å²) >= 11 is 0. The minimum absolute atomic E-state index is 0. The third-order valence-electron chi connectivity index (χ3n) is 12.2. The summed E-state index contributed by atoms with van der Waals surface area (Å²) < 4.78 is 10.7. The molecule has 2 fully saturated rings. The molecule has 2 saturated carbocycles. The van der Waals surface area contributed by atoms with Crippen LogP contribution in [0.4, 0.5) is 0 Å². The molecule has 0 bridgehead atoms. The first-order valence-corrected chi connectivity index (χ1v) is 20.2. The van der Waals surface area contributed by atoms with Crippen molar-refractivity contribution in [1.82, 2.24) is 19.3 Å². The van der Waals surface area contributed by atoms with Crippen LogP contribution in [0.3, 0.4) is 0 Å². The summed E-state index contributed by atoms with van der Waals surface area (Å²) in [6.07, 6.45) is 19.4. The van der Waals surface area contributed by atoms with Crippen LogP contribution in [0.15, 0.2) is 91.4 Å². The fraction of sp³-hybridized carbons (Fsp3) is 0.347. The molecule has 2 aliphatic carbocycles. The van der Waals surface area contributed by atoms with E-state index in [4.69, 9.17) is 14.8 Å². The van der Waals surface area contributed by atoms with Crippen molar-refractivity contribution in [2.75, 3.05) is 0 Å². The van der Waals surface area contributed by atoms with Crippen LogP contribution in [0, 0.1) is 26.0 Å². The van der Waals surface area contributed by atoms with Crippen LogP contribution in [0.25, 0.3) is 44.4 Å². The fourth-order valence-electron chi connectivity index (χ4n) is 9.58. The second kappa shape index (κ2) is 15.9. The van der Waals surface area contributed by atoms with E-state index < -0.39 is 0 Å². The van der Waals surface area contributed by atoms with E-state index in [0.717, 1.165) is 33.3 Å². The second-order valence-corrected chi connectivity index (χ2v) is 16.1. The van der Waals surface area contributed by atoms with E-state index in [1.54, 1.807) is 11.1 Å². The van der Waals surface area contributed by atoms with Gasteiger partial charge in [-0.15, -0.1) is 35.7 Å². The molecule has 0 aliphatic heterocycles. The van der Waals surface area contributed by atoms with E-state index >= 15 is 0 Å². The first-order chi connectivity index (χ1) is 26.4. The number of pyridine rings is 1. The Hall–Kier alpha value is -4.47. The first kappa shape index (κ1) is 37.5. The summed E-state index contributed by atoms with van der Waals surface area (Å²) in [4.78, 5) is 4.81. The number of fused-ring (bicyclic) bond motifs is 3. The SMILES string of the molecule is Cc1cc(C)c(C2CCCCC2)c(-c2cnn(-c3[c-]c(Oc4[c-]c5c(cc4)c4ccccc4n5-c4cc(C(C)C)ccn4)ccc3)c2)c1C1CCCCC1.[Pt+2]. The Kier molecular flexibility index (Phi) is 10.9. The molecule has 0 spiro atoms. The third-order valence-corrected chi connectivity index (χ3v) is 12.2. The van der Waals surface area contributed by atoms with Gasteiger partial charge in [-0.2, -0.15) is 17.2 Å². The van der Waals surface area contributed by atoms with Crippen LogP contribution in [-0.4, -0.2) is 19.3 Å². The first-order valence-electron chi connectivity index (χ1n) is 20.2. The van der Waals surface area contributed by atoms with Gasteiger partial charge in [0.2, 0.25) is 0 Å². The van der Waals surface area contributed by atoms with Crippen molar-refractivity contribution < 1.29 is 25.8 Å². The van der Waals surface area contributed by atoms with Gasteiger partial charge in [-0.1, -0.05) is 82.2 Å². The molecule has 0 N–H and O–H groups in total. The molecule has 5 nitrogen and oxygen atoms in total. The van der Waals surface area contributed by atoms with E-state index in [9.17, 15) is 0 Å². The molecule has 0 atom stereocenters. The number of hydrogen-bond donors (Lipinski definition) is 0. The van der Waals surface area contributed by atoms with Crippen molar-refractivity contribution >= 4 is 21.8 Å². The van der Waals surface area contributed by atoms with E-state index in [0.29, 0.717) is 29.3 Å². The van der Waals surface area contributed by atoms with E-state index in [2.05, 4.69) is 111 Å². The zero-order valence-corrected chi connectivity index (χ0v) is 34.7. The summed E-state index contributed by atoms with van der Waals surface area (Å²) in [7, 11) is 0. The molecule has 4 aromatic carbocycles. The van der Waals surface area contributed by atoms with Crippen molar-refractivity contribution in [3.8, 4) is 34.1 Å². The van der Waals surface area contributed by atoms with Crippen LogP contribution in [-0.2, 0) is 21.1 Å². The number of hydrogen-bond acceptors (Lipinski definition) is 3. The number of rotatable bonds is 8. The summed E-state index contributed by atoms with van der Waals surface area (Å²) in [5.74, 6) is 3.77. The normalized spacial score (nSPS) is 15.5. The Bertz CT molecular complexity index is 2420. The number of aromatic nitrogens is 4. The predicted molar refractivity (Wildman–Crippen MR) is 221 cm³/mol. The van der Waals surface area contributed by atoms with Gasteiger partial charge in [0.1, 0.15) is 5.82 Å². The quantitative estimate of drug-likeness (QED) is 0.143. The van der Waals surface area contributed by atoms with E-state index in [1.807, 2.05) is 29.1 Å². The maximum Gasteiger partial charge on any atom is 2.00 e. The molecule has 6 heteroatoms. The third kappa shape index (κ3) is 7.21. The maximum absolute atomic E-state index is 6.53. The Morgan fingerprint density at radius 2 is 1.42 bits per heavy atom. The van der Waals surface area contributed by atoms with Gasteiger partial charge in [-0.25, -0.2) is 4.98 Å². The molecule has 2 aliphatic rings. The Labute approximate surface area is 340 Å². The molecule has 3 heterocycles. The van der Waals surface area contributed by atoms with Crippen LogP contribution >= 0.6 is 0 Å². The Balaban J connectivity index is 0.00000427. The predicted octanol–water partition coefficient (Wildman–Crippen LogP) is 13.3. The van der Waals surface area contributed by atoms with Crippen LogP contribution in [0.1, 0.15) is 124 Å². The molecule has 0 unspecified atom stereocenters. The maximum atomic E-state index is 6.53. The monoisotopic (exact) mass is 905 g/mol. The van der Waals surface area contributed by atoms with Crippen LogP contribution in [0.5, 0.6) is 11.5 Å². The standard InChI is InChI=1S/C49H50N4O.Pt/c1-32(2)37-24-25-50-46(27-37)53-44-21-12-11-20-42(44)43-23-22-41(29-45(43)53)54-40-19-13-18-39(28-40)52-31-38(30-51-52)49-47(35-14-7-5-8-15-35)33(3)26-34(4)48(49)36-16-9-6-10-17-36;/h11-13,18-27,30-32,35-36H,5-10,14-17H2,1-4H3;/q-2;+2. The van der Waals surface area contributed by atoms with Gasteiger partial charge in [-0.3, -0.25) is 4.68 Å². The van der Waals surface area contributed by atoms with Gasteiger partial charge in [0.15, 0.2) is 0 Å². The van der Waals surface area contributed by atoms with Crippen LogP contribution < -0.4 is 4.74 Å². The topological polar surface area (TPSA) is 44.9 Å². The van der Waals surface area contributed by atoms with Gasteiger partial charge < -0.3 is 9.30 Å². The van der Waals surface area contributed by atoms with Gasteiger partial charge >= 0.3 is 21.1 Å². The molecular weight excluding hydrogens is 856 g/mol. The zero-order chi connectivity index (χ0) is 36.8. The molecule has 0 radical (unpaired) electrons. The number of benzene rings is 4. The molecule has 0 amide bonds. The number of ether oxygens (including phenoxy) is 1. The molecule has 9 rings (SSSR count). The molecule has 3 aromatic heterocycles. The van der Waals surface area contributed by atoms with Gasteiger partial charge in [-0.05, 0) is 120 Å². The smallest absolute Gasteiger partial charge is 0.509 e. The zero-order valence-electron chi connectivity index (χ0n) is 32.5. The molecule has 0 saturated heterocycles. The van der Waals surface area contributed by atoms with Gasteiger partial charge in [0.05, 0.1) is 6.20 Å². The number of aryl methyl sites for hydroxylation is 2. The average Bonchev–Trinajstić information content (AvgIpc) is 3.82. The Morgan fingerprint density at radius 3 is 2.13 bits per heavy atom. The summed E-state index contributed by atoms with van der Waals surface area (Å²) in [5.41, 5.74) is 12.9. The number of nitrogens with zero attached hydrogens (tertiary/aromatic N) is 4. The van der Waals surface area contributed by atoms with Gasteiger partial charge in [0, 0.05) is 35.0 Å². The summed E-state index contributed by atoms with van der Waals surface area (Å²) in [6, 6.07) is 32.6. The molecular formula is C49H50N4OPt. The number of para-hydroxylation sites is 1. The Morgan fingerprint density at radius 1 is 0.727 bits per heavy atom.